The molecule has 80 valence electrons. The Balaban J connectivity index is 2.58. The third-order valence-electron chi connectivity index (χ3n) is 3.32. The van der Waals surface area contributed by atoms with Gasteiger partial charge in [-0.25, -0.2) is 0 Å². The average molecular weight is 203 g/mol. The van der Waals surface area contributed by atoms with E-state index in [1.807, 2.05) is 7.05 Å². The van der Waals surface area contributed by atoms with Gasteiger partial charge in [-0.1, -0.05) is 13.0 Å². The van der Waals surface area contributed by atoms with Crippen molar-refractivity contribution in [3.8, 4) is 0 Å². The highest BCUT2D eigenvalue weighted by atomic mass is 16.2. The smallest absolute Gasteiger partial charge is 0.227 e. The molecule has 0 spiro atoms. The van der Waals surface area contributed by atoms with Gasteiger partial charge in [-0.05, 0) is 42.5 Å². The Morgan fingerprint density at radius 3 is 2.73 bits per heavy atom. The minimum Gasteiger partial charge on any atom is -0.315 e. The highest BCUT2D eigenvalue weighted by Gasteiger charge is 2.22. The number of rotatable bonds is 1. The summed E-state index contributed by atoms with van der Waals surface area (Å²) in [6.07, 6.45) is 2.61. The number of fused-ring (bicyclic) bond motifs is 1. The van der Waals surface area contributed by atoms with Crippen molar-refractivity contribution in [3.63, 3.8) is 0 Å². The van der Waals surface area contributed by atoms with Crippen LogP contribution in [0.4, 0.5) is 5.69 Å². The first-order valence-electron chi connectivity index (χ1n) is 5.53. The van der Waals surface area contributed by atoms with Gasteiger partial charge in [-0.15, -0.1) is 0 Å². The maximum atomic E-state index is 11.6. The van der Waals surface area contributed by atoms with Crippen LogP contribution in [-0.2, 0) is 17.6 Å². The Labute approximate surface area is 90.9 Å². The van der Waals surface area contributed by atoms with Crippen LogP contribution >= 0.6 is 0 Å². The number of aryl methyl sites for hydroxylation is 1. The van der Waals surface area contributed by atoms with Crippen molar-refractivity contribution >= 4 is 11.6 Å². The standard InChI is InChI=1S/C13H17NO/c1-4-10-9(2)5-7-12-11(10)6-8-13(15)14(12)3/h5,7H,4,6,8H2,1-3H3. The van der Waals surface area contributed by atoms with Crippen LogP contribution in [0.15, 0.2) is 12.1 Å². The summed E-state index contributed by atoms with van der Waals surface area (Å²) in [4.78, 5) is 13.4. The highest BCUT2D eigenvalue weighted by molar-refractivity contribution is 5.96. The van der Waals surface area contributed by atoms with E-state index in [1.165, 1.54) is 16.7 Å². The van der Waals surface area contributed by atoms with Crippen LogP contribution in [0.1, 0.15) is 30.0 Å². The predicted molar refractivity (Wildman–Crippen MR) is 62.3 cm³/mol. The largest absolute Gasteiger partial charge is 0.315 e. The summed E-state index contributed by atoms with van der Waals surface area (Å²) in [5.41, 5.74) is 5.25. The van der Waals surface area contributed by atoms with Gasteiger partial charge in [0.05, 0.1) is 0 Å². The summed E-state index contributed by atoms with van der Waals surface area (Å²) in [5.74, 6) is 0.230. The molecule has 0 radical (unpaired) electrons. The Hall–Kier alpha value is -1.31. The summed E-state index contributed by atoms with van der Waals surface area (Å²) < 4.78 is 0. The monoisotopic (exact) mass is 203 g/mol. The number of amides is 1. The van der Waals surface area contributed by atoms with Gasteiger partial charge in [0, 0.05) is 19.2 Å². The molecule has 0 N–H and O–H groups in total. The van der Waals surface area contributed by atoms with E-state index in [9.17, 15) is 4.79 Å². The first-order valence-corrected chi connectivity index (χ1v) is 5.53. The number of hydrogen-bond donors (Lipinski definition) is 0. The van der Waals surface area contributed by atoms with Gasteiger partial charge >= 0.3 is 0 Å². The Morgan fingerprint density at radius 1 is 1.33 bits per heavy atom. The molecule has 1 amide bonds. The van der Waals surface area contributed by atoms with Gasteiger partial charge in [0.25, 0.3) is 0 Å². The molecular weight excluding hydrogens is 186 g/mol. The molecular formula is C13H17NO. The molecule has 1 aromatic rings. The van der Waals surface area contributed by atoms with Crippen LogP contribution in [0, 0.1) is 6.92 Å². The fourth-order valence-electron chi connectivity index (χ4n) is 2.42. The molecule has 0 atom stereocenters. The molecule has 2 rings (SSSR count). The first-order chi connectivity index (χ1) is 7.15. The van der Waals surface area contributed by atoms with Crippen molar-refractivity contribution in [3.05, 3.63) is 28.8 Å². The van der Waals surface area contributed by atoms with E-state index in [1.54, 1.807) is 4.90 Å². The lowest BCUT2D eigenvalue weighted by Crippen LogP contribution is -2.31. The molecule has 0 bridgehead atoms. The summed E-state index contributed by atoms with van der Waals surface area (Å²) in [6, 6.07) is 4.19. The van der Waals surface area contributed by atoms with Gasteiger partial charge in [0.2, 0.25) is 5.91 Å². The molecule has 0 fully saturated rings. The van der Waals surface area contributed by atoms with Crippen molar-refractivity contribution in [1.29, 1.82) is 0 Å². The number of benzene rings is 1. The lowest BCUT2D eigenvalue weighted by atomic mass is 9.91. The maximum Gasteiger partial charge on any atom is 0.227 e. The van der Waals surface area contributed by atoms with Crippen molar-refractivity contribution in [2.24, 2.45) is 0 Å². The molecule has 1 aliphatic rings. The highest BCUT2D eigenvalue weighted by Crippen LogP contribution is 2.31. The zero-order chi connectivity index (χ0) is 11.0. The first kappa shape index (κ1) is 10.2. The maximum absolute atomic E-state index is 11.6. The van der Waals surface area contributed by atoms with E-state index in [4.69, 9.17) is 0 Å². The third kappa shape index (κ3) is 1.54. The van der Waals surface area contributed by atoms with E-state index >= 15 is 0 Å². The van der Waals surface area contributed by atoms with Crippen LogP contribution in [0.3, 0.4) is 0 Å². The van der Waals surface area contributed by atoms with Gasteiger partial charge in [0.15, 0.2) is 0 Å². The lowest BCUT2D eigenvalue weighted by molar-refractivity contribution is -0.118. The summed E-state index contributed by atoms with van der Waals surface area (Å²) in [5, 5.41) is 0. The van der Waals surface area contributed by atoms with Gasteiger partial charge in [0.1, 0.15) is 0 Å². The molecule has 2 heteroatoms. The van der Waals surface area contributed by atoms with E-state index < -0.39 is 0 Å². The zero-order valence-electron chi connectivity index (χ0n) is 9.63. The van der Waals surface area contributed by atoms with Gasteiger partial charge < -0.3 is 4.90 Å². The molecule has 1 aliphatic heterocycles. The SMILES string of the molecule is CCc1c(C)ccc2c1CCC(=O)N2C. The van der Waals surface area contributed by atoms with Crippen LogP contribution in [0.2, 0.25) is 0 Å². The van der Waals surface area contributed by atoms with E-state index in [-0.39, 0.29) is 5.91 Å². The number of hydrogen-bond acceptors (Lipinski definition) is 1. The molecule has 2 nitrogen and oxygen atoms in total. The summed E-state index contributed by atoms with van der Waals surface area (Å²) >= 11 is 0. The molecule has 0 aromatic heterocycles. The van der Waals surface area contributed by atoms with Crippen LogP contribution < -0.4 is 4.90 Å². The zero-order valence-corrected chi connectivity index (χ0v) is 9.63. The van der Waals surface area contributed by atoms with E-state index in [2.05, 4.69) is 26.0 Å². The fourth-order valence-corrected chi connectivity index (χ4v) is 2.42. The van der Waals surface area contributed by atoms with Gasteiger partial charge in [-0.2, -0.15) is 0 Å². The minimum atomic E-state index is 0.230. The minimum absolute atomic E-state index is 0.230. The second-order valence-electron chi connectivity index (χ2n) is 4.17. The lowest BCUT2D eigenvalue weighted by Gasteiger charge is -2.28. The molecule has 15 heavy (non-hydrogen) atoms. The number of nitrogens with zero attached hydrogens (tertiary/aromatic N) is 1. The predicted octanol–water partition coefficient (Wildman–Crippen LogP) is 2.47. The molecule has 0 aliphatic carbocycles. The van der Waals surface area contributed by atoms with Crippen LogP contribution in [-0.4, -0.2) is 13.0 Å². The van der Waals surface area contributed by atoms with Gasteiger partial charge in [-0.3, -0.25) is 4.79 Å². The molecule has 0 saturated heterocycles. The fraction of sp³-hybridized carbons (Fsp3) is 0.462. The molecule has 0 unspecified atom stereocenters. The van der Waals surface area contributed by atoms with Crippen molar-refractivity contribution in [1.82, 2.24) is 0 Å². The van der Waals surface area contributed by atoms with Crippen molar-refractivity contribution in [2.45, 2.75) is 33.1 Å². The van der Waals surface area contributed by atoms with Crippen LogP contribution in [0.5, 0.6) is 0 Å². The second-order valence-corrected chi connectivity index (χ2v) is 4.17. The Kier molecular flexibility index (Phi) is 2.51. The number of anilines is 1. The average Bonchev–Trinajstić information content (AvgIpc) is 2.23. The summed E-state index contributed by atoms with van der Waals surface area (Å²) in [7, 11) is 1.87. The number of carbonyl (C=O) groups is 1. The molecule has 1 aromatic carbocycles. The number of carbonyl (C=O) groups excluding carboxylic acids is 1. The topological polar surface area (TPSA) is 20.3 Å². The molecule has 1 heterocycles. The van der Waals surface area contributed by atoms with E-state index in [0.717, 1.165) is 18.5 Å². The van der Waals surface area contributed by atoms with E-state index in [0.29, 0.717) is 6.42 Å². The van der Waals surface area contributed by atoms with Crippen LogP contribution in [0.25, 0.3) is 0 Å². The second kappa shape index (κ2) is 3.69. The quantitative estimate of drug-likeness (QED) is 0.686. The van der Waals surface area contributed by atoms with Crippen molar-refractivity contribution in [2.75, 3.05) is 11.9 Å². The Bertz CT molecular complexity index is 409. The van der Waals surface area contributed by atoms with Crippen molar-refractivity contribution < 1.29 is 4.79 Å². The molecule has 0 saturated carbocycles. The third-order valence-corrected chi connectivity index (χ3v) is 3.32. The summed E-state index contributed by atoms with van der Waals surface area (Å²) in [6.45, 7) is 4.33. The normalized spacial score (nSPS) is 15.4. The Morgan fingerprint density at radius 2 is 2.07 bits per heavy atom.